The smallest absolute Gasteiger partial charge is 0.264 e. The van der Waals surface area contributed by atoms with Crippen molar-refractivity contribution in [3.05, 3.63) is 94.9 Å². The summed E-state index contributed by atoms with van der Waals surface area (Å²) in [5.74, 6) is -0.184. The molecule has 0 unspecified atom stereocenters. The second kappa shape index (κ2) is 8.41. The largest absolute Gasteiger partial charge is 0.300 e. The van der Waals surface area contributed by atoms with Gasteiger partial charge in [0, 0.05) is 5.56 Å². The number of alkyl halides is 2. The molecule has 0 aromatic heterocycles. The Morgan fingerprint density at radius 2 is 1.48 bits per heavy atom. The maximum Gasteiger partial charge on any atom is 0.264 e. The van der Waals surface area contributed by atoms with Gasteiger partial charge in [-0.15, -0.1) is 0 Å². The highest BCUT2D eigenvalue weighted by Crippen LogP contribution is 2.29. The Bertz CT molecular complexity index is 1080. The molecule has 4 rings (SSSR count). The number of rotatable bonds is 4. The number of aliphatic imine (C=N–C) groups is 1. The lowest BCUT2D eigenvalue weighted by Gasteiger charge is -2.05. The fraction of sp³-hybridized carbons (Fsp3) is 0.0435. The molecule has 0 atom stereocenters. The maximum atomic E-state index is 12.7. The summed E-state index contributed by atoms with van der Waals surface area (Å²) in [7, 11) is 0. The van der Waals surface area contributed by atoms with Crippen LogP contribution in [0, 0.1) is 0 Å². The zero-order valence-corrected chi connectivity index (χ0v) is 16.0. The molecule has 1 fully saturated rings. The Morgan fingerprint density at radius 3 is 2.10 bits per heavy atom. The third-order valence-electron chi connectivity index (χ3n) is 4.34. The zero-order valence-electron chi connectivity index (χ0n) is 15.2. The van der Waals surface area contributed by atoms with E-state index in [1.807, 2.05) is 54.6 Å². The van der Waals surface area contributed by atoms with Crippen LogP contribution < -0.4 is 5.32 Å². The van der Waals surface area contributed by atoms with Gasteiger partial charge < -0.3 is 5.32 Å². The molecule has 1 aliphatic heterocycles. The molecule has 144 valence electrons. The number of nitrogens with one attached hydrogen (secondary N) is 1. The fourth-order valence-electron chi connectivity index (χ4n) is 2.84. The molecular weight excluding hydrogens is 390 g/mol. The van der Waals surface area contributed by atoms with Gasteiger partial charge in [0.25, 0.3) is 12.3 Å². The average molecular weight is 406 g/mol. The van der Waals surface area contributed by atoms with Crippen molar-refractivity contribution in [1.29, 1.82) is 0 Å². The zero-order chi connectivity index (χ0) is 20.2. The van der Waals surface area contributed by atoms with Crippen LogP contribution in [0.2, 0.25) is 0 Å². The van der Waals surface area contributed by atoms with Crippen molar-refractivity contribution in [3.8, 4) is 11.1 Å². The average Bonchev–Trinajstić information content (AvgIpc) is 3.08. The summed E-state index contributed by atoms with van der Waals surface area (Å²) in [6.45, 7) is 0. The van der Waals surface area contributed by atoms with Gasteiger partial charge in [-0.25, -0.2) is 13.8 Å². The third kappa shape index (κ3) is 4.60. The lowest BCUT2D eigenvalue weighted by atomic mass is 10.0. The molecule has 3 nitrogen and oxygen atoms in total. The van der Waals surface area contributed by atoms with Gasteiger partial charge in [-0.2, -0.15) is 0 Å². The Hall–Kier alpha value is -3.25. The molecule has 0 aliphatic carbocycles. The highest BCUT2D eigenvalue weighted by Gasteiger charge is 2.23. The van der Waals surface area contributed by atoms with Gasteiger partial charge in [0.2, 0.25) is 0 Å². The molecule has 0 bridgehead atoms. The number of hydrogen-bond donors (Lipinski definition) is 1. The SMILES string of the molecule is O=C1NC(=Nc2ccccc2)SC1=Cc1ccc(-c2ccc(C(F)F)cc2)cc1. The summed E-state index contributed by atoms with van der Waals surface area (Å²) in [6.07, 6.45) is -0.666. The number of para-hydroxylation sites is 1. The number of amidine groups is 1. The first-order valence-corrected chi connectivity index (χ1v) is 9.73. The fourth-order valence-corrected chi connectivity index (χ4v) is 3.69. The molecule has 3 aromatic carbocycles. The van der Waals surface area contributed by atoms with Crippen molar-refractivity contribution < 1.29 is 13.6 Å². The Kier molecular flexibility index (Phi) is 5.53. The van der Waals surface area contributed by atoms with E-state index in [1.54, 1.807) is 18.2 Å². The summed E-state index contributed by atoms with van der Waals surface area (Å²) in [5, 5.41) is 3.31. The number of amides is 1. The normalized spacial score (nSPS) is 16.6. The number of carbonyl (C=O) groups excluding carboxylic acids is 1. The van der Waals surface area contributed by atoms with Crippen LogP contribution in [0.4, 0.5) is 14.5 Å². The molecule has 0 radical (unpaired) electrons. The molecular formula is C23H16F2N2OS. The van der Waals surface area contributed by atoms with Gasteiger partial charge >= 0.3 is 0 Å². The molecule has 0 saturated carbocycles. The van der Waals surface area contributed by atoms with Crippen LogP contribution in [-0.2, 0) is 4.79 Å². The minimum atomic E-state index is -2.47. The van der Waals surface area contributed by atoms with E-state index in [9.17, 15) is 13.6 Å². The molecule has 29 heavy (non-hydrogen) atoms. The van der Waals surface area contributed by atoms with E-state index in [0.29, 0.717) is 10.1 Å². The first-order chi connectivity index (χ1) is 14.1. The lowest BCUT2D eigenvalue weighted by molar-refractivity contribution is -0.115. The van der Waals surface area contributed by atoms with Crippen molar-refractivity contribution in [2.24, 2.45) is 4.99 Å². The maximum absolute atomic E-state index is 12.7. The molecule has 1 saturated heterocycles. The van der Waals surface area contributed by atoms with Crippen LogP contribution in [0.25, 0.3) is 17.2 Å². The van der Waals surface area contributed by atoms with E-state index in [-0.39, 0.29) is 11.5 Å². The van der Waals surface area contributed by atoms with Crippen LogP contribution in [0.5, 0.6) is 0 Å². The van der Waals surface area contributed by atoms with Gasteiger partial charge in [0.15, 0.2) is 5.17 Å². The van der Waals surface area contributed by atoms with Crippen LogP contribution >= 0.6 is 11.8 Å². The molecule has 1 aliphatic rings. The Balaban J connectivity index is 1.50. The number of halogens is 2. The predicted octanol–water partition coefficient (Wildman–Crippen LogP) is 6.18. The van der Waals surface area contributed by atoms with E-state index >= 15 is 0 Å². The summed E-state index contributed by atoms with van der Waals surface area (Å²) >= 11 is 1.29. The number of hydrogen-bond acceptors (Lipinski definition) is 3. The standard InChI is InChI=1S/C23H16F2N2OS/c24-21(25)18-12-10-17(11-13-18)16-8-6-15(7-9-16)14-20-22(28)27-23(29-20)26-19-4-2-1-3-5-19/h1-14,21H,(H,26,27,28). The van der Waals surface area contributed by atoms with E-state index in [0.717, 1.165) is 22.4 Å². The van der Waals surface area contributed by atoms with E-state index in [4.69, 9.17) is 0 Å². The summed E-state index contributed by atoms with van der Waals surface area (Å²) < 4.78 is 25.4. The molecule has 6 heteroatoms. The van der Waals surface area contributed by atoms with Crippen LogP contribution in [0.1, 0.15) is 17.6 Å². The highest BCUT2D eigenvalue weighted by molar-refractivity contribution is 8.18. The van der Waals surface area contributed by atoms with E-state index < -0.39 is 6.43 Å². The topological polar surface area (TPSA) is 41.5 Å². The summed E-state index contributed by atoms with van der Waals surface area (Å²) in [4.78, 5) is 17.2. The molecule has 3 aromatic rings. The number of thioether (sulfide) groups is 1. The van der Waals surface area contributed by atoms with Crippen LogP contribution in [0.3, 0.4) is 0 Å². The van der Waals surface area contributed by atoms with Crippen molar-refractivity contribution in [3.63, 3.8) is 0 Å². The van der Waals surface area contributed by atoms with Gasteiger partial charge in [0.05, 0.1) is 10.6 Å². The first kappa shape index (κ1) is 19.1. The molecule has 1 amide bonds. The second-order valence-electron chi connectivity index (χ2n) is 6.36. The second-order valence-corrected chi connectivity index (χ2v) is 7.39. The monoisotopic (exact) mass is 406 g/mol. The van der Waals surface area contributed by atoms with Gasteiger partial charge in [-0.3, -0.25) is 4.79 Å². The van der Waals surface area contributed by atoms with Crippen molar-refractivity contribution in [2.75, 3.05) is 0 Å². The Labute approximate surface area is 171 Å². The quantitative estimate of drug-likeness (QED) is 0.526. The van der Waals surface area contributed by atoms with Gasteiger partial charge in [-0.1, -0.05) is 66.7 Å². The lowest BCUT2D eigenvalue weighted by Crippen LogP contribution is -2.19. The molecule has 1 heterocycles. The van der Waals surface area contributed by atoms with Crippen molar-refractivity contribution in [1.82, 2.24) is 5.32 Å². The summed E-state index contributed by atoms with van der Waals surface area (Å²) in [6, 6.07) is 23.2. The van der Waals surface area contributed by atoms with Gasteiger partial charge in [0.1, 0.15) is 0 Å². The van der Waals surface area contributed by atoms with Gasteiger partial charge in [-0.05, 0) is 46.7 Å². The van der Waals surface area contributed by atoms with E-state index in [2.05, 4.69) is 10.3 Å². The van der Waals surface area contributed by atoms with E-state index in [1.165, 1.54) is 23.9 Å². The van der Waals surface area contributed by atoms with Crippen LogP contribution in [-0.4, -0.2) is 11.1 Å². The minimum absolute atomic E-state index is 0.00680. The minimum Gasteiger partial charge on any atom is -0.300 e. The van der Waals surface area contributed by atoms with Crippen molar-refractivity contribution in [2.45, 2.75) is 6.43 Å². The molecule has 0 spiro atoms. The number of carbonyl (C=O) groups is 1. The van der Waals surface area contributed by atoms with Crippen LogP contribution in [0.15, 0.2) is 88.8 Å². The summed E-state index contributed by atoms with van der Waals surface area (Å²) in [5.41, 5.74) is 3.43. The number of benzene rings is 3. The molecule has 1 N–H and O–H groups in total. The number of nitrogens with zero attached hydrogens (tertiary/aromatic N) is 1. The Morgan fingerprint density at radius 1 is 0.862 bits per heavy atom. The van der Waals surface area contributed by atoms with Crippen molar-refractivity contribution >= 4 is 34.6 Å². The third-order valence-corrected chi connectivity index (χ3v) is 5.25. The first-order valence-electron chi connectivity index (χ1n) is 8.92. The highest BCUT2D eigenvalue weighted by atomic mass is 32.2. The predicted molar refractivity (Wildman–Crippen MR) is 114 cm³/mol.